The molecule has 2 N–H and O–H groups in total. The van der Waals surface area contributed by atoms with Crippen LogP contribution in [0.25, 0.3) is 0 Å². The number of benzene rings is 1. The molecule has 1 amide bonds. The molecule has 0 radical (unpaired) electrons. The first-order valence-electron chi connectivity index (χ1n) is 6.18. The monoisotopic (exact) mass is 264 g/mol. The number of amides is 1. The second-order valence-corrected chi connectivity index (χ2v) is 4.73. The van der Waals surface area contributed by atoms with E-state index in [0.717, 1.165) is 5.69 Å². The summed E-state index contributed by atoms with van der Waals surface area (Å²) < 4.78 is 5.00. The molecule has 5 heteroatoms. The number of hydrogen-bond donors (Lipinski definition) is 2. The van der Waals surface area contributed by atoms with Crippen LogP contribution in [0.4, 0.5) is 11.4 Å². The predicted octanol–water partition coefficient (Wildman–Crippen LogP) is 2.40. The van der Waals surface area contributed by atoms with Crippen molar-refractivity contribution >= 4 is 23.3 Å². The van der Waals surface area contributed by atoms with Crippen LogP contribution in [-0.2, 0) is 14.3 Å². The largest absolute Gasteiger partial charge is 0.464 e. The van der Waals surface area contributed by atoms with E-state index in [1.807, 2.05) is 6.07 Å². The van der Waals surface area contributed by atoms with E-state index < -0.39 is 5.54 Å². The third-order valence-corrected chi connectivity index (χ3v) is 2.43. The molecule has 0 heterocycles. The standard InChI is InChI=1S/C14H20N2O3/c1-5-19-13(18)14(3,4)16-12-8-6-7-11(9-12)15-10(2)17/h6-9,16H,5H2,1-4H3,(H,15,17). The van der Waals surface area contributed by atoms with Gasteiger partial charge in [0, 0.05) is 18.3 Å². The molecule has 0 atom stereocenters. The Balaban J connectivity index is 2.81. The van der Waals surface area contributed by atoms with Crippen molar-refractivity contribution in [1.29, 1.82) is 0 Å². The third-order valence-electron chi connectivity index (χ3n) is 2.43. The average molecular weight is 264 g/mol. The van der Waals surface area contributed by atoms with Gasteiger partial charge in [-0.3, -0.25) is 4.79 Å². The number of rotatable bonds is 5. The van der Waals surface area contributed by atoms with Crippen molar-refractivity contribution in [2.45, 2.75) is 33.2 Å². The maximum Gasteiger partial charge on any atom is 0.331 e. The van der Waals surface area contributed by atoms with Gasteiger partial charge in [0.25, 0.3) is 0 Å². The highest BCUT2D eigenvalue weighted by Gasteiger charge is 2.28. The van der Waals surface area contributed by atoms with Gasteiger partial charge in [0.05, 0.1) is 6.61 Å². The number of esters is 1. The molecule has 19 heavy (non-hydrogen) atoms. The third kappa shape index (κ3) is 4.62. The summed E-state index contributed by atoms with van der Waals surface area (Å²) in [6.45, 7) is 7.05. The van der Waals surface area contributed by atoms with E-state index in [-0.39, 0.29) is 11.9 Å². The number of anilines is 2. The summed E-state index contributed by atoms with van der Waals surface area (Å²) in [4.78, 5) is 22.8. The molecule has 0 spiro atoms. The van der Waals surface area contributed by atoms with Crippen LogP contribution in [0.5, 0.6) is 0 Å². The van der Waals surface area contributed by atoms with Crippen LogP contribution in [0.1, 0.15) is 27.7 Å². The summed E-state index contributed by atoms with van der Waals surface area (Å²) in [6, 6.07) is 7.17. The van der Waals surface area contributed by atoms with E-state index in [1.54, 1.807) is 39.0 Å². The summed E-state index contributed by atoms with van der Waals surface area (Å²) in [7, 11) is 0. The summed E-state index contributed by atoms with van der Waals surface area (Å²) in [5.41, 5.74) is 0.590. The van der Waals surface area contributed by atoms with E-state index in [1.165, 1.54) is 6.92 Å². The van der Waals surface area contributed by atoms with Crippen LogP contribution in [0.3, 0.4) is 0 Å². The van der Waals surface area contributed by atoms with Gasteiger partial charge in [0.15, 0.2) is 0 Å². The first kappa shape index (κ1) is 15.0. The van der Waals surface area contributed by atoms with Gasteiger partial charge in [-0.05, 0) is 39.0 Å². The van der Waals surface area contributed by atoms with Crippen molar-refractivity contribution in [2.24, 2.45) is 0 Å². The molecule has 0 aromatic heterocycles. The Morgan fingerprint density at radius 1 is 1.26 bits per heavy atom. The van der Waals surface area contributed by atoms with E-state index in [4.69, 9.17) is 4.74 Å². The van der Waals surface area contributed by atoms with Gasteiger partial charge in [0.1, 0.15) is 5.54 Å². The van der Waals surface area contributed by atoms with Gasteiger partial charge in [-0.25, -0.2) is 4.79 Å². The van der Waals surface area contributed by atoms with Crippen LogP contribution in [0, 0.1) is 0 Å². The maximum absolute atomic E-state index is 11.8. The Kier molecular flexibility index (Phi) is 4.92. The fraction of sp³-hybridized carbons (Fsp3) is 0.429. The smallest absolute Gasteiger partial charge is 0.331 e. The molecule has 0 aliphatic carbocycles. The highest BCUT2D eigenvalue weighted by Crippen LogP contribution is 2.20. The summed E-state index contributed by atoms with van der Waals surface area (Å²) in [6.07, 6.45) is 0. The zero-order chi connectivity index (χ0) is 14.5. The number of hydrogen-bond acceptors (Lipinski definition) is 4. The van der Waals surface area contributed by atoms with Crippen LogP contribution < -0.4 is 10.6 Å². The highest BCUT2D eigenvalue weighted by atomic mass is 16.5. The van der Waals surface area contributed by atoms with Gasteiger partial charge in [-0.15, -0.1) is 0 Å². The molecule has 0 saturated carbocycles. The molecule has 0 saturated heterocycles. The van der Waals surface area contributed by atoms with Gasteiger partial charge in [-0.1, -0.05) is 6.07 Å². The van der Waals surface area contributed by atoms with E-state index >= 15 is 0 Å². The summed E-state index contributed by atoms with van der Waals surface area (Å²) in [5, 5.41) is 5.78. The SMILES string of the molecule is CCOC(=O)C(C)(C)Nc1cccc(NC(C)=O)c1. The maximum atomic E-state index is 11.8. The minimum atomic E-state index is -0.829. The summed E-state index contributed by atoms with van der Waals surface area (Å²) in [5.74, 6) is -0.457. The first-order chi connectivity index (χ1) is 8.85. The van der Waals surface area contributed by atoms with Gasteiger partial charge in [0.2, 0.25) is 5.91 Å². The van der Waals surface area contributed by atoms with Crippen molar-refractivity contribution in [1.82, 2.24) is 0 Å². The number of ether oxygens (including phenoxy) is 1. The fourth-order valence-corrected chi connectivity index (χ4v) is 1.60. The second kappa shape index (κ2) is 6.22. The second-order valence-electron chi connectivity index (χ2n) is 4.73. The fourth-order valence-electron chi connectivity index (χ4n) is 1.60. The van der Waals surface area contributed by atoms with E-state index in [0.29, 0.717) is 12.3 Å². The van der Waals surface area contributed by atoms with Crippen LogP contribution in [-0.4, -0.2) is 24.0 Å². The zero-order valence-electron chi connectivity index (χ0n) is 11.7. The molecule has 5 nitrogen and oxygen atoms in total. The highest BCUT2D eigenvalue weighted by molar-refractivity contribution is 5.89. The van der Waals surface area contributed by atoms with E-state index in [9.17, 15) is 9.59 Å². The Labute approximate surface area is 113 Å². The molecule has 1 aromatic rings. The Hall–Kier alpha value is -2.04. The lowest BCUT2D eigenvalue weighted by atomic mass is 10.1. The molecule has 1 aromatic carbocycles. The molecule has 104 valence electrons. The normalized spacial score (nSPS) is 10.7. The van der Waals surface area contributed by atoms with Crippen LogP contribution >= 0.6 is 0 Å². The minimum Gasteiger partial charge on any atom is -0.464 e. The molecule has 0 aliphatic rings. The lowest BCUT2D eigenvalue weighted by Crippen LogP contribution is -2.41. The topological polar surface area (TPSA) is 67.4 Å². The van der Waals surface area contributed by atoms with Crippen molar-refractivity contribution in [3.05, 3.63) is 24.3 Å². The minimum absolute atomic E-state index is 0.137. The molecule has 0 aliphatic heterocycles. The van der Waals surface area contributed by atoms with Gasteiger partial charge < -0.3 is 15.4 Å². The van der Waals surface area contributed by atoms with Crippen molar-refractivity contribution < 1.29 is 14.3 Å². The Morgan fingerprint density at radius 2 is 1.89 bits per heavy atom. The van der Waals surface area contributed by atoms with Gasteiger partial charge >= 0.3 is 5.97 Å². The summed E-state index contributed by atoms with van der Waals surface area (Å²) >= 11 is 0. The molecular formula is C14H20N2O3. The lowest BCUT2D eigenvalue weighted by molar-refractivity contribution is -0.147. The average Bonchev–Trinajstić information content (AvgIpc) is 2.28. The molecular weight excluding hydrogens is 244 g/mol. The lowest BCUT2D eigenvalue weighted by Gasteiger charge is -2.25. The Bertz CT molecular complexity index is 470. The quantitative estimate of drug-likeness (QED) is 0.801. The predicted molar refractivity (Wildman–Crippen MR) is 75.1 cm³/mol. The number of nitrogens with one attached hydrogen (secondary N) is 2. The van der Waals surface area contributed by atoms with Crippen LogP contribution in [0.15, 0.2) is 24.3 Å². The molecule has 0 unspecified atom stereocenters. The number of carbonyl (C=O) groups excluding carboxylic acids is 2. The van der Waals surface area contributed by atoms with Crippen molar-refractivity contribution in [3.63, 3.8) is 0 Å². The molecule has 0 fully saturated rings. The van der Waals surface area contributed by atoms with Crippen molar-refractivity contribution in [3.8, 4) is 0 Å². The molecule has 1 rings (SSSR count). The molecule has 0 bridgehead atoms. The van der Waals surface area contributed by atoms with E-state index in [2.05, 4.69) is 10.6 Å². The van der Waals surface area contributed by atoms with Crippen molar-refractivity contribution in [2.75, 3.05) is 17.2 Å². The Morgan fingerprint density at radius 3 is 2.47 bits per heavy atom. The van der Waals surface area contributed by atoms with Crippen LogP contribution in [0.2, 0.25) is 0 Å². The number of carbonyl (C=O) groups is 2. The zero-order valence-corrected chi connectivity index (χ0v) is 11.7. The first-order valence-corrected chi connectivity index (χ1v) is 6.18. The van der Waals surface area contributed by atoms with Gasteiger partial charge in [-0.2, -0.15) is 0 Å².